The molecule has 6 heteroatoms. The van der Waals surface area contributed by atoms with Gasteiger partial charge in [0.1, 0.15) is 11.3 Å². The van der Waals surface area contributed by atoms with Crippen LogP contribution in [-0.2, 0) is 6.54 Å². The number of hydrogen-bond donors (Lipinski definition) is 1. The van der Waals surface area contributed by atoms with E-state index in [1.54, 1.807) is 0 Å². The van der Waals surface area contributed by atoms with Crippen LogP contribution in [0.25, 0.3) is 28.0 Å². The smallest absolute Gasteiger partial charge is 0.254 e. The predicted molar refractivity (Wildman–Crippen MR) is 125 cm³/mol. The molecule has 0 saturated carbocycles. The van der Waals surface area contributed by atoms with Gasteiger partial charge in [0.25, 0.3) is 5.56 Å². The van der Waals surface area contributed by atoms with Crippen molar-refractivity contribution in [2.45, 2.75) is 13.5 Å². The van der Waals surface area contributed by atoms with E-state index in [2.05, 4.69) is 33.8 Å². The van der Waals surface area contributed by atoms with E-state index in [0.717, 1.165) is 66.3 Å². The maximum Gasteiger partial charge on any atom is 0.254 e. The van der Waals surface area contributed by atoms with Gasteiger partial charge < -0.3 is 9.88 Å². The van der Waals surface area contributed by atoms with Crippen LogP contribution in [0.4, 0.5) is 0 Å². The normalized spacial score (nSPS) is 15.5. The van der Waals surface area contributed by atoms with Gasteiger partial charge in [0.2, 0.25) is 0 Å². The fourth-order valence-corrected chi connectivity index (χ4v) is 4.30. The monoisotopic (exact) mass is 413 g/mol. The Kier molecular flexibility index (Phi) is 5.40. The summed E-state index contributed by atoms with van der Waals surface area (Å²) in [5, 5.41) is 5.88. The van der Waals surface area contributed by atoms with Crippen molar-refractivity contribution in [3.8, 4) is 16.9 Å². The topological polar surface area (TPSA) is 57.2 Å². The lowest BCUT2D eigenvalue weighted by Gasteiger charge is -2.33. The average molecular weight is 414 g/mol. The van der Waals surface area contributed by atoms with E-state index in [9.17, 15) is 4.79 Å². The Morgan fingerprint density at radius 3 is 2.23 bits per heavy atom. The van der Waals surface area contributed by atoms with Crippen LogP contribution in [0.5, 0.6) is 0 Å². The summed E-state index contributed by atoms with van der Waals surface area (Å²) in [6.07, 6.45) is 0. The Hall–Kier alpha value is -3.22. The molecule has 0 amide bonds. The van der Waals surface area contributed by atoms with E-state index in [0.29, 0.717) is 6.54 Å². The number of likely N-dealkylation sites (N-methyl/N-ethyl adjacent to an activating group) is 1. The average Bonchev–Trinajstić information content (AvgIpc) is 3.19. The van der Waals surface area contributed by atoms with Crippen molar-refractivity contribution < 1.29 is 0 Å². The number of aromatic amines is 1. The Morgan fingerprint density at radius 2 is 1.55 bits per heavy atom. The van der Waals surface area contributed by atoms with Gasteiger partial charge in [0.15, 0.2) is 0 Å². The molecular weight excluding hydrogens is 386 g/mol. The largest absolute Gasteiger partial charge is 0.306 e. The molecule has 0 unspecified atom stereocenters. The molecule has 31 heavy (non-hydrogen) atoms. The number of pyridine rings is 1. The molecule has 1 aliphatic rings. The lowest BCUT2D eigenvalue weighted by atomic mass is 10.1. The SMILES string of the molecule is CCN1CCN(Cc2cc3c(-c4ccccc4)nn(-c4ccccc4)c3[nH]c2=O)CC1. The summed E-state index contributed by atoms with van der Waals surface area (Å²) in [7, 11) is 0. The van der Waals surface area contributed by atoms with E-state index in [4.69, 9.17) is 5.10 Å². The van der Waals surface area contributed by atoms with Crippen molar-refractivity contribution in [3.05, 3.63) is 82.6 Å². The number of H-pyrrole nitrogens is 1. The van der Waals surface area contributed by atoms with E-state index in [1.807, 2.05) is 59.3 Å². The van der Waals surface area contributed by atoms with Crippen LogP contribution in [0.1, 0.15) is 12.5 Å². The summed E-state index contributed by atoms with van der Waals surface area (Å²) in [6.45, 7) is 8.02. The van der Waals surface area contributed by atoms with Crippen LogP contribution in [0.3, 0.4) is 0 Å². The van der Waals surface area contributed by atoms with Gasteiger partial charge in [-0.15, -0.1) is 0 Å². The molecule has 0 radical (unpaired) electrons. The molecule has 1 fully saturated rings. The molecular formula is C25H27N5O. The van der Waals surface area contributed by atoms with E-state index in [-0.39, 0.29) is 5.56 Å². The summed E-state index contributed by atoms with van der Waals surface area (Å²) in [4.78, 5) is 21.0. The van der Waals surface area contributed by atoms with Gasteiger partial charge in [-0.25, -0.2) is 4.68 Å². The fourth-order valence-electron chi connectivity index (χ4n) is 4.30. The van der Waals surface area contributed by atoms with Gasteiger partial charge >= 0.3 is 0 Å². The number of aromatic nitrogens is 3. The van der Waals surface area contributed by atoms with Crippen LogP contribution in [0.15, 0.2) is 71.5 Å². The first kappa shape index (κ1) is 19.7. The van der Waals surface area contributed by atoms with Crippen molar-refractivity contribution in [3.63, 3.8) is 0 Å². The highest BCUT2D eigenvalue weighted by Crippen LogP contribution is 2.28. The molecule has 0 bridgehead atoms. The summed E-state index contributed by atoms with van der Waals surface area (Å²) in [5.41, 5.74) is 4.33. The Bertz CT molecular complexity index is 1220. The first-order valence-corrected chi connectivity index (χ1v) is 10.9. The Morgan fingerprint density at radius 1 is 0.903 bits per heavy atom. The van der Waals surface area contributed by atoms with E-state index in [1.165, 1.54) is 0 Å². The first-order valence-electron chi connectivity index (χ1n) is 10.9. The third-order valence-corrected chi connectivity index (χ3v) is 6.12. The molecule has 5 rings (SSSR count). The molecule has 158 valence electrons. The van der Waals surface area contributed by atoms with Gasteiger partial charge in [0, 0.05) is 49.2 Å². The Labute approximate surface area is 181 Å². The highest BCUT2D eigenvalue weighted by molar-refractivity contribution is 5.92. The van der Waals surface area contributed by atoms with Gasteiger partial charge in [0.05, 0.1) is 5.69 Å². The summed E-state index contributed by atoms with van der Waals surface area (Å²) < 4.78 is 1.84. The molecule has 0 atom stereocenters. The van der Waals surface area contributed by atoms with Crippen LogP contribution in [0, 0.1) is 0 Å². The summed E-state index contributed by atoms with van der Waals surface area (Å²) in [5.74, 6) is 0. The maximum atomic E-state index is 13.0. The highest BCUT2D eigenvalue weighted by Gasteiger charge is 2.20. The molecule has 0 spiro atoms. The highest BCUT2D eigenvalue weighted by atomic mass is 16.1. The lowest BCUT2D eigenvalue weighted by molar-refractivity contribution is 0.131. The van der Waals surface area contributed by atoms with Gasteiger partial charge in [-0.2, -0.15) is 5.10 Å². The van der Waals surface area contributed by atoms with Gasteiger partial charge in [-0.05, 0) is 24.7 Å². The molecule has 4 aromatic rings. The predicted octanol–water partition coefficient (Wildman–Crippen LogP) is 3.52. The number of benzene rings is 2. The van der Waals surface area contributed by atoms with Crippen LogP contribution in [0.2, 0.25) is 0 Å². The lowest BCUT2D eigenvalue weighted by Crippen LogP contribution is -2.46. The zero-order valence-electron chi connectivity index (χ0n) is 17.8. The molecule has 6 nitrogen and oxygen atoms in total. The number of rotatable bonds is 5. The number of fused-ring (bicyclic) bond motifs is 1. The minimum Gasteiger partial charge on any atom is -0.306 e. The van der Waals surface area contributed by atoms with Crippen LogP contribution in [-0.4, -0.2) is 57.3 Å². The molecule has 2 aromatic heterocycles. The second-order valence-corrected chi connectivity index (χ2v) is 8.06. The fraction of sp³-hybridized carbons (Fsp3) is 0.280. The van der Waals surface area contributed by atoms with Crippen LogP contribution < -0.4 is 5.56 Å². The zero-order chi connectivity index (χ0) is 21.2. The van der Waals surface area contributed by atoms with Crippen molar-refractivity contribution in [1.82, 2.24) is 24.6 Å². The minimum absolute atomic E-state index is 0.0397. The number of piperazine rings is 1. The molecule has 2 aromatic carbocycles. The molecule has 3 heterocycles. The summed E-state index contributed by atoms with van der Waals surface area (Å²) in [6, 6.07) is 22.1. The maximum absolute atomic E-state index is 13.0. The van der Waals surface area contributed by atoms with Crippen molar-refractivity contribution in [1.29, 1.82) is 0 Å². The first-order chi connectivity index (χ1) is 15.2. The molecule has 0 aliphatic carbocycles. The van der Waals surface area contributed by atoms with E-state index >= 15 is 0 Å². The standard InChI is InChI=1S/C25H27N5O/c1-2-28-13-15-29(16-14-28)18-20-17-22-23(19-9-5-3-6-10-19)27-30(24(22)26-25(20)31)21-11-7-4-8-12-21/h3-12,17H,2,13-16,18H2,1H3,(H,26,31). The second kappa shape index (κ2) is 8.49. The van der Waals surface area contributed by atoms with Crippen molar-refractivity contribution in [2.75, 3.05) is 32.7 Å². The Balaban J connectivity index is 1.59. The van der Waals surface area contributed by atoms with Gasteiger partial charge in [-0.3, -0.25) is 9.69 Å². The third-order valence-electron chi connectivity index (χ3n) is 6.12. The number of nitrogens with zero attached hydrogens (tertiary/aromatic N) is 4. The van der Waals surface area contributed by atoms with Crippen LogP contribution >= 0.6 is 0 Å². The van der Waals surface area contributed by atoms with Gasteiger partial charge in [-0.1, -0.05) is 55.5 Å². The third kappa shape index (κ3) is 3.92. The van der Waals surface area contributed by atoms with Crippen molar-refractivity contribution in [2.24, 2.45) is 0 Å². The quantitative estimate of drug-likeness (QED) is 0.544. The number of hydrogen-bond acceptors (Lipinski definition) is 4. The second-order valence-electron chi connectivity index (χ2n) is 8.06. The van der Waals surface area contributed by atoms with Crippen molar-refractivity contribution >= 4 is 11.0 Å². The minimum atomic E-state index is -0.0397. The zero-order valence-corrected chi connectivity index (χ0v) is 17.8. The summed E-state index contributed by atoms with van der Waals surface area (Å²) >= 11 is 0. The van der Waals surface area contributed by atoms with E-state index < -0.39 is 0 Å². The molecule has 1 N–H and O–H groups in total. The molecule has 1 saturated heterocycles. The molecule has 1 aliphatic heterocycles. The number of para-hydroxylation sites is 1. The number of nitrogens with one attached hydrogen (secondary N) is 1.